The molecule has 2 rings (SSSR count). The fourth-order valence-corrected chi connectivity index (χ4v) is 2.39. The Labute approximate surface area is 131 Å². The van der Waals surface area contributed by atoms with E-state index in [0.29, 0.717) is 6.42 Å². The van der Waals surface area contributed by atoms with Crippen molar-refractivity contribution < 1.29 is 32.6 Å². The van der Waals surface area contributed by atoms with Crippen LogP contribution in [0.15, 0.2) is 22.7 Å². The molecule has 120 valence electrons. The van der Waals surface area contributed by atoms with Gasteiger partial charge in [-0.15, -0.1) is 13.2 Å². The zero-order chi connectivity index (χ0) is 16.5. The minimum Gasteiger partial charge on any atom is -0.480 e. The second-order valence-electron chi connectivity index (χ2n) is 4.89. The van der Waals surface area contributed by atoms with Gasteiger partial charge in [0, 0.05) is 5.56 Å². The Balaban J connectivity index is 2.20. The molecule has 1 saturated carbocycles. The topological polar surface area (TPSA) is 75.6 Å². The Kier molecular flexibility index (Phi) is 4.37. The standard InChI is InChI=1S/C13H11BrF3NO4/c14-8-3-2-7(6-9(8)22-13(15,16)17)10(19)18-12(11(20)21)4-1-5-12/h2-3,6H,1,4-5H2,(H,18,19)(H,20,21). The Morgan fingerprint density at radius 1 is 1.32 bits per heavy atom. The number of carbonyl (C=O) groups is 2. The van der Waals surface area contributed by atoms with E-state index in [2.05, 4.69) is 26.0 Å². The molecule has 0 saturated heterocycles. The molecule has 0 bridgehead atoms. The Hall–Kier alpha value is -1.77. The SMILES string of the molecule is O=C(NC1(C(=O)O)CCC1)c1ccc(Br)c(OC(F)(F)F)c1. The van der Waals surface area contributed by atoms with Crippen molar-refractivity contribution in [2.45, 2.75) is 31.2 Å². The van der Waals surface area contributed by atoms with Crippen LogP contribution < -0.4 is 10.1 Å². The van der Waals surface area contributed by atoms with Crippen LogP contribution in [0.5, 0.6) is 5.75 Å². The third-order valence-corrected chi connectivity index (χ3v) is 4.04. The van der Waals surface area contributed by atoms with Gasteiger partial charge in [-0.05, 0) is 53.4 Å². The van der Waals surface area contributed by atoms with Crippen molar-refractivity contribution >= 4 is 27.8 Å². The fraction of sp³-hybridized carbons (Fsp3) is 0.385. The van der Waals surface area contributed by atoms with E-state index in [4.69, 9.17) is 5.11 Å². The zero-order valence-corrected chi connectivity index (χ0v) is 12.6. The number of ether oxygens (including phenoxy) is 1. The van der Waals surface area contributed by atoms with Gasteiger partial charge < -0.3 is 15.2 Å². The molecule has 1 aromatic rings. The van der Waals surface area contributed by atoms with Crippen molar-refractivity contribution in [3.05, 3.63) is 28.2 Å². The summed E-state index contributed by atoms with van der Waals surface area (Å²) < 4.78 is 40.6. The largest absolute Gasteiger partial charge is 0.573 e. The average Bonchev–Trinajstić information content (AvgIpc) is 2.34. The third kappa shape index (κ3) is 3.52. The molecule has 0 radical (unpaired) electrons. The number of alkyl halides is 3. The van der Waals surface area contributed by atoms with Gasteiger partial charge in [-0.2, -0.15) is 0 Å². The van der Waals surface area contributed by atoms with Crippen molar-refractivity contribution in [1.82, 2.24) is 5.32 Å². The summed E-state index contributed by atoms with van der Waals surface area (Å²) in [5, 5.41) is 11.5. The molecule has 1 amide bonds. The van der Waals surface area contributed by atoms with Gasteiger partial charge in [0.05, 0.1) is 4.47 Å². The number of hydrogen-bond acceptors (Lipinski definition) is 3. The summed E-state index contributed by atoms with van der Waals surface area (Å²) in [4.78, 5) is 23.2. The second kappa shape index (κ2) is 5.79. The molecule has 1 aromatic carbocycles. The van der Waals surface area contributed by atoms with Crippen LogP contribution in [0.1, 0.15) is 29.6 Å². The first kappa shape index (κ1) is 16.6. The number of carbonyl (C=O) groups excluding carboxylic acids is 1. The van der Waals surface area contributed by atoms with E-state index in [9.17, 15) is 22.8 Å². The highest BCUT2D eigenvalue weighted by Gasteiger charge is 2.45. The minimum atomic E-state index is -4.89. The van der Waals surface area contributed by atoms with Crippen LogP contribution in [-0.4, -0.2) is 28.9 Å². The second-order valence-corrected chi connectivity index (χ2v) is 5.74. The van der Waals surface area contributed by atoms with E-state index in [-0.39, 0.29) is 22.9 Å². The molecule has 0 spiro atoms. The van der Waals surface area contributed by atoms with Gasteiger partial charge in [-0.25, -0.2) is 4.79 Å². The summed E-state index contributed by atoms with van der Waals surface area (Å²) in [7, 11) is 0. The molecule has 0 unspecified atom stereocenters. The highest BCUT2D eigenvalue weighted by Crippen LogP contribution is 2.34. The van der Waals surface area contributed by atoms with Crippen molar-refractivity contribution in [2.24, 2.45) is 0 Å². The van der Waals surface area contributed by atoms with Gasteiger partial charge >= 0.3 is 12.3 Å². The lowest BCUT2D eigenvalue weighted by Crippen LogP contribution is -2.59. The molecule has 0 atom stereocenters. The first-order valence-corrected chi connectivity index (χ1v) is 7.03. The van der Waals surface area contributed by atoms with Crippen LogP contribution in [0, 0.1) is 0 Å². The van der Waals surface area contributed by atoms with E-state index in [1.165, 1.54) is 12.1 Å². The maximum Gasteiger partial charge on any atom is 0.573 e. The normalized spacial score (nSPS) is 16.5. The summed E-state index contributed by atoms with van der Waals surface area (Å²) in [6, 6.07) is 3.40. The number of halogens is 4. The highest BCUT2D eigenvalue weighted by atomic mass is 79.9. The molecule has 0 aromatic heterocycles. The summed E-state index contributed by atoms with van der Waals surface area (Å²) >= 11 is 2.89. The number of rotatable bonds is 4. The van der Waals surface area contributed by atoms with Gasteiger partial charge in [-0.1, -0.05) is 0 Å². The molecule has 1 aliphatic carbocycles. The quantitative estimate of drug-likeness (QED) is 0.840. The number of carboxylic acid groups (broad SMARTS) is 1. The van der Waals surface area contributed by atoms with Crippen molar-refractivity contribution in [3.63, 3.8) is 0 Å². The molecule has 1 fully saturated rings. The summed E-state index contributed by atoms with van der Waals surface area (Å²) in [6.07, 6.45) is -3.66. The number of benzene rings is 1. The van der Waals surface area contributed by atoms with Crippen LogP contribution in [0.4, 0.5) is 13.2 Å². The Bertz CT molecular complexity index is 614. The molecular weight excluding hydrogens is 371 g/mol. The van der Waals surface area contributed by atoms with Crippen LogP contribution >= 0.6 is 15.9 Å². The predicted octanol–water partition coefficient (Wildman–Crippen LogP) is 3.08. The number of amides is 1. The van der Waals surface area contributed by atoms with E-state index >= 15 is 0 Å². The van der Waals surface area contributed by atoms with E-state index in [1.807, 2.05) is 0 Å². The molecule has 22 heavy (non-hydrogen) atoms. The summed E-state index contributed by atoms with van der Waals surface area (Å²) in [5.74, 6) is -2.49. The van der Waals surface area contributed by atoms with Gasteiger partial charge in [0.1, 0.15) is 11.3 Å². The number of aliphatic carboxylic acids is 1. The van der Waals surface area contributed by atoms with Gasteiger partial charge in [0.2, 0.25) is 0 Å². The monoisotopic (exact) mass is 381 g/mol. The van der Waals surface area contributed by atoms with E-state index < -0.39 is 29.5 Å². The summed E-state index contributed by atoms with van der Waals surface area (Å²) in [6.45, 7) is 0. The van der Waals surface area contributed by atoms with Crippen LogP contribution in [-0.2, 0) is 4.79 Å². The van der Waals surface area contributed by atoms with Crippen molar-refractivity contribution in [2.75, 3.05) is 0 Å². The first-order valence-electron chi connectivity index (χ1n) is 6.24. The fourth-order valence-electron chi connectivity index (χ4n) is 2.06. The van der Waals surface area contributed by atoms with Gasteiger partial charge in [0.25, 0.3) is 5.91 Å². The molecule has 0 aliphatic heterocycles. The van der Waals surface area contributed by atoms with Crippen LogP contribution in [0.25, 0.3) is 0 Å². The molecule has 2 N–H and O–H groups in total. The maximum atomic E-state index is 12.3. The van der Waals surface area contributed by atoms with Crippen LogP contribution in [0.3, 0.4) is 0 Å². The van der Waals surface area contributed by atoms with Gasteiger partial charge in [0.15, 0.2) is 0 Å². The molecule has 9 heteroatoms. The Morgan fingerprint density at radius 2 is 1.95 bits per heavy atom. The molecule has 1 aliphatic rings. The van der Waals surface area contributed by atoms with E-state index in [0.717, 1.165) is 6.07 Å². The maximum absolute atomic E-state index is 12.3. The first-order chi connectivity index (χ1) is 10.1. The number of hydrogen-bond donors (Lipinski definition) is 2. The highest BCUT2D eigenvalue weighted by molar-refractivity contribution is 9.10. The average molecular weight is 382 g/mol. The summed E-state index contributed by atoms with van der Waals surface area (Å²) in [5.41, 5.74) is -1.45. The third-order valence-electron chi connectivity index (χ3n) is 3.39. The lowest BCUT2D eigenvalue weighted by molar-refractivity contribution is -0.274. The minimum absolute atomic E-state index is 0.0259. The number of nitrogens with one attached hydrogen (secondary N) is 1. The zero-order valence-electron chi connectivity index (χ0n) is 11.0. The van der Waals surface area contributed by atoms with Gasteiger partial charge in [-0.3, -0.25) is 4.79 Å². The smallest absolute Gasteiger partial charge is 0.480 e. The molecule has 0 heterocycles. The van der Waals surface area contributed by atoms with E-state index in [1.54, 1.807) is 0 Å². The number of carboxylic acids is 1. The lowest BCUT2D eigenvalue weighted by Gasteiger charge is -2.38. The Morgan fingerprint density at radius 3 is 2.41 bits per heavy atom. The molecule has 5 nitrogen and oxygen atoms in total. The predicted molar refractivity (Wildman–Crippen MR) is 72.5 cm³/mol. The molecular formula is C13H11BrF3NO4. The lowest BCUT2D eigenvalue weighted by atomic mass is 9.76. The van der Waals surface area contributed by atoms with Crippen LogP contribution in [0.2, 0.25) is 0 Å². The van der Waals surface area contributed by atoms with Crippen molar-refractivity contribution in [3.8, 4) is 5.75 Å². The van der Waals surface area contributed by atoms with Crippen molar-refractivity contribution in [1.29, 1.82) is 0 Å².